The Morgan fingerprint density at radius 1 is 1.41 bits per heavy atom. The zero-order valence-corrected chi connectivity index (χ0v) is 10.9. The van der Waals surface area contributed by atoms with E-state index < -0.39 is 0 Å². The lowest BCUT2D eigenvalue weighted by Gasteiger charge is -2.10. The van der Waals surface area contributed by atoms with Gasteiger partial charge in [0, 0.05) is 18.0 Å². The molecule has 2 heterocycles. The first kappa shape index (κ1) is 11.9. The van der Waals surface area contributed by atoms with E-state index in [1.54, 1.807) is 13.3 Å². The lowest BCUT2D eigenvalue weighted by molar-refractivity contribution is 0.398. The Hall–Kier alpha value is -1.62. The van der Waals surface area contributed by atoms with Crippen molar-refractivity contribution in [1.29, 1.82) is 0 Å². The van der Waals surface area contributed by atoms with Crippen LogP contribution in [0.25, 0.3) is 5.69 Å². The van der Waals surface area contributed by atoms with Crippen LogP contribution < -0.4 is 4.74 Å². The Labute approximate surface area is 105 Å². The van der Waals surface area contributed by atoms with E-state index in [2.05, 4.69) is 23.8 Å². The number of ether oxygens (including phenoxy) is 1. The minimum atomic E-state index is 0.394. The largest absolute Gasteiger partial charge is 0.481 e. The molecule has 90 valence electrons. The van der Waals surface area contributed by atoms with E-state index >= 15 is 0 Å². The molecule has 0 aliphatic rings. The van der Waals surface area contributed by atoms with Crippen molar-refractivity contribution < 1.29 is 4.74 Å². The van der Waals surface area contributed by atoms with Crippen LogP contribution >= 0.6 is 12.2 Å². The molecule has 2 aromatic heterocycles. The van der Waals surface area contributed by atoms with Crippen LogP contribution in [0, 0.1) is 4.77 Å². The van der Waals surface area contributed by atoms with Gasteiger partial charge in [-0.05, 0) is 24.2 Å². The Bertz CT molecular complexity index is 554. The van der Waals surface area contributed by atoms with E-state index in [0.29, 0.717) is 16.6 Å². The Morgan fingerprint density at radius 3 is 2.71 bits per heavy atom. The normalized spacial score (nSPS) is 10.8. The Kier molecular flexibility index (Phi) is 3.28. The van der Waals surface area contributed by atoms with Crippen molar-refractivity contribution in [2.45, 2.75) is 19.8 Å². The molecule has 0 unspecified atom stereocenters. The minimum Gasteiger partial charge on any atom is -0.481 e. The summed E-state index contributed by atoms with van der Waals surface area (Å²) < 4.78 is 7.71. The van der Waals surface area contributed by atoms with Crippen LogP contribution in [0.2, 0.25) is 0 Å². The molecule has 4 nitrogen and oxygen atoms in total. The topological polar surface area (TPSA) is 42.8 Å². The molecule has 1 N–H and O–H groups in total. The second kappa shape index (κ2) is 4.71. The third-order valence-electron chi connectivity index (χ3n) is 2.58. The van der Waals surface area contributed by atoms with Crippen LogP contribution in [0.4, 0.5) is 0 Å². The predicted molar refractivity (Wildman–Crippen MR) is 69.4 cm³/mol. The first-order chi connectivity index (χ1) is 8.13. The van der Waals surface area contributed by atoms with E-state index in [1.165, 1.54) is 0 Å². The summed E-state index contributed by atoms with van der Waals surface area (Å²) in [6.45, 7) is 4.26. The molecule has 0 aliphatic carbocycles. The van der Waals surface area contributed by atoms with Gasteiger partial charge < -0.3 is 9.72 Å². The zero-order valence-electron chi connectivity index (χ0n) is 10.1. The summed E-state index contributed by atoms with van der Waals surface area (Å²) >= 11 is 5.28. The molecule has 0 spiro atoms. The maximum absolute atomic E-state index is 5.28. The van der Waals surface area contributed by atoms with Gasteiger partial charge >= 0.3 is 0 Å². The molecule has 2 rings (SSSR count). The lowest BCUT2D eigenvalue weighted by atomic mass is 10.1. The van der Waals surface area contributed by atoms with Crippen LogP contribution in [-0.4, -0.2) is 21.6 Å². The van der Waals surface area contributed by atoms with Gasteiger partial charge in [0.2, 0.25) is 5.88 Å². The van der Waals surface area contributed by atoms with Gasteiger partial charge in [-0.3, -0.25) is 4.57 Å². The molecule has 0 fully saturated rings. The van der Waals surface area contributed by atoms with Gasteiger partial charge in [-0.1, -0.05) is 13.8 Å². The van der Waals surface area contributed by atoms with Crippen molar-refractivity contribution >= 4 is 12.2 Å². The number of nitrogens with one attached hydrogen (secondary N) is 1. The molecule has 0 aromatic carbocycles. The van der Waals surface area contributed by atoms with Crippen molar-refractivity contribution in [1.82, 2.24) is 14.5 Å². The maximum atomic E-state index is 5.28. The molecule has 0 bridgehead atoms. The molecule has 0 radical (unpaired) electrons. The summed E-state index contributed by atoms with van der Waals surface area (Å²) in [5.74, 6) is 0.993. The summed E-state index contributed by atoms with van der Waals surface area (Å²) in [7, 11) is 1.60. The van der Waals surface area contributed by atoms with Gasteiger partial charge in [0.15, 0.2) is 4.77 Å². The van der Waals surface area contributed by atoms with Crippen molar-refractivity contribution in [2.75, 3.05) is 7.11 Å². The van der Waals surface area contributed by atoms with E-state index in [0.717, 1.165) is 11.4 Å². The van der Waals surface area contributed by atoms with Crippen molar-refractivity contribution in [2.24, 2.45) is 0 Å². The monoisotopic (exact) mass is 249 g/mol. The molecule has 0 atom stereocenters. The highest BCUT2D eigenvalue weighted by Crippen LogP contribution is 2.20. The highest BCUT2D eigenvalue weighted by atomic mass is 32.1. The fourth-order valence-electron chi connectivity index (χ4n) is 1.70. The molecule has 17 heavy (non-hydrogen) atoms. The molecule has 2 aromatic rings. The molecular formula is C12H15N3OS. The second-order valence-electron chi connectivity index (χ2n) is 4.07. The smallest absolute Gasteiger partial charge is 0.213 e. The molecule has 0 saturated carbocycles. The van der Waals surface area contributed by atoms with E-state index in [-0.39, 0.29) is 0 Å². The van der Waals surface area contributed by atoms with E-state index in [4.69, 9.17) is 17.0 Å². The third kappa shape index (κ3) is 2.24. The summed E-state index contributed by atoms with van der Waals surface area (Å²) in [5.41, 5.74) is 2.09. The second-order valence-corrected chi connectivity index (χ2v) is 4.45. The molecule has 0 aliphatic heterocycles. The minimum absolute atomic E-state index is 0.394. The van der Waals surface area contributed by atoms with Crippen LogP contribution in [0.5, 0.6) is 5.88 Å². The van der Waals surface area contributed by atoms with Crippen molar-refractivity contribution in [3.05, 3.63) is 35.0 Å². The number of hydrogen-bond acceptors (Lipinski definition) is 3. The van der Waals surface area contributed by atoms with E-state index in [1.807, 2.05) is 22.9 Å². The van der Waals surface area contributed by atoms with Crippen LogP contribution in [0.3, 0.4) is 0 Å². The molecular weight excluding hydrogens is 234 g/mol. The van der Waals surface area contributed by atoms with Gasteiger partial charge in [0.05, 0.1) is 19.0 Å². The van der Waals surface area contributed by atoms with Gasteiger partial charge in [-0.15, -0.1) is 0 Å². The summed E-state index contributed by atoms with van der Waals surface area (Å²) in [6, 6.07) is 3.77. The van der Waals surface area contributed by atoms with Crippen molar-refractivity contribution in [3.63, 3.8) is 0 Å². The number of rotatable bonds is 3. The van der Waals surface area contributed by atoms with Crippen LogP contribution in [-0.2, 0) is 0 Å². The first-order valence-electron chi connectivity index (χ1n) is 5.44. The average molecular weight is 249 g/mol. The number of methoxy groups -OCH3 is 1. The fourth-order valence-corrected chi connectivity index (χ4v) is 1.97. The average Bonchev–Trinajstić information content (AvgIpc) is 2.71. The number of nitrogens with zero attached hydrogens (tertiary/aromatic N) is 2. The van der Waals surface area contributed by atoms with Gasteiger partial charge in [0.1, 0.15) is 0 Å². The third-order valence-corrected chi connectivity index (χ3v) is 2.88. The fraction of sp³-hybridized carbons (Fsp3) is 0.333. The molecule has 5 heteroatoms. The molecule has 0 amide bonds. The summed E-state index contributed by atoms with van der Waals surface area (Å²) in [5, 5.41) is 0. The molecule has 0 saturated heterocycles. The number of aromatic nitrogens is 3. The number of imidazole rings is 1. The standard InChI is InChI=1S/C12H15N3OS/c1-8(2)10-7-14-12(17)15(10)9-4-5-11(16-3)13-6-9/h4-8H,1-3H3,(H,14,17). The maximum Gasteiger partial charge on any atom is 0.213 e. The Balaban J connectivity index is 2.51. The zero-order chi connectivity index (χ0) is 12.4. The van der Waals surface area contributed by atoms with Gasteiger partial charge in [0.25, 0.3) is 0 Å². The van der Waals surface area contributed by atoms with Gasteiger partial charge in [-0.25, -0.2) is 4.98 Å². The van der Waals surface area contributed by atoms with Gasteiger partial charge in [-0.2, -0.15) is 0 Å². The highest BCUT2D eigenvalue weighted by molar-refractivity contribution is 7.71. The number of hydrogen-bond donors (Lipinski definition) is 1. The number of pyridine rings is 1. The summed E-state index contributed by atoms with van der Waals surface area (Å²) in [6.07, 6.45) is 3.70. The van der Waals surface area contributed by atoms with Crippen molar-refractivity contribution in [3.8, 4) is 11.6 Å². The van der Waals surface area contributed by atoms with E-state index in [9.17, 15) is 0 Å². The summed E-state index contributed by atoms with van der Waals surface area (Å²) in [4.78, 5) is 7.26. The quantitative estimate of drug-likeness (QED) is 0.850. The number of aromatic amines is 1. The highest BCUT2D eigenvalue weighted by Gasteiger charge is 2.09. The lowest BCUT2D eigenvalue weighted by Crippen LogP contribution is -2.02. The SMILES string of the molecule is COc1ccc(-n2c(C(C)C)c[nH]c2=S)cn1. The van der Waals surface area contributed by atoms with Crippen LogP contribution in [0.1, 0.15) is 25.5 Å². The Morgan fingerprint density at radius 2 is 2.18 bits per heavy atom. The van der Waals surface area contributed by atoms with Crippen LogP contribution in [0.15, 0.2) is 24.5 Å². The first-order valence-corrected chi connectivity index (χ1v) is 5.85. The number of H-pyrrole nitrogens is 1. The predicted octanol–water partition coefficient (Wildman–Crippen LogP) is 3.06.